The van der Waals surface area contributed by atoms with Gasteiger partial charge in [0.2, 0.25) is 0 Å². The van der Waals surface area contributed by atoms with Crippen molar-refractivity contribution >= 4 is 16.6 Å². The zero-order valence-corrected chi connectivity index (χ0v) is 17.3. The lowest BCUT2D eigenvalue weighted by atomic mass is 9.97. The molecular formula is C25H19FN6. The Balaban J connectivity index is 1.61. The number of aromatic nitrogens is 6. The number of aromatic amines is 2. The maximum Gasteiger partial charge on any atom is 0.135 e. The second-order valence-electron chi connectivity index (χ2n) is 7.34. The van der Waals surface area contributed by atoms with Gasteiger partial charge in [0.1, 0.15) is 23.4 Å². The van der Waals surface area contributed by atoms with Crippen LogP contribution in [0.2, 0.25) is 0 Å². The van der Waals surface area contributed by atoms with Gasteiger partial charge < -0.3 is 4.98 Å². The number of fused-ring (bicyclic) bond motifs is 1. The zero-order chi connectivity index (χ0) is 22.1. The molecule has 32 heavy (non-hydrogen) atoms. The highest BCUT2D eigenvalue weighted by Gasteiger charge is 2.17. The van der Waals surface area contributed by atoms with E-state index in [1.54, 1.807) is 30.6 Å². The summed E-state index contributed by atoms with van der Waals surface area (Å²) in [5, 5.41) is 7.56. The number of rotatable bonds is 5. The van der Waals surface area contributed by atoms with Gasteiger partial charge in [-0.25, -0.2) is 19.3 Å². The van der Waals surface area contributed by atoms with Crippen molar-refractivity contribution in [1.29, 1.82) is 0 Å². The van der Waals surface area contributed by atoms with Gasteiger partial charge in [-0.2, -0.15) is 5.10 Å². The predicted molar refractivity (Wildman–Crippen MR) is 123 cm³/mol. The Morgan fingerprint density at radius 1 is 1.06 bits per heavy atom. The summed E-state index contributed by atoms with van der Waals surface area (Å²) in [4.78, 5) is 16.4. The van der Waals surface area contributed by atoms with Crippen molar-refractivity contribution in [1.82, 2.24) is 30.1 Å². The highest BCUT2D eigenvalue weighted by atomic mass is 19.1. The molecule has 0 aliphatic rings. The first-order valence-corrected chi connectivity index (χ1v) is 10.0. The number of allylic oxidation sites excluding steroid dienone is 2. The third-order valence-corrected chi connectivity index (χ3v) is 5.26. The lowest BCUT2D eigenvalue weighted by Crippen LogP contribution is -1.89. The number of pyridine rings is 1. The Labute approximate surface area is 183 Å². The highest BCUT2D eigenvalue weighted by molar-refractivity contribution is 5.92. The van der Waals surface area contributed by atoms with Gasteiger partial charge in [0.05, 0.1) is 16.9 Å². The fraction of sp³-hybridized carbons (Fsp3) is 0.0400. The monoisotopic (exact) mass is 422 g/mol. The molecule has 6 nitrogen and oxygen atoms in total. The minimum atomic E-state index is -0.271. The largest absolute Gasteiger partial charge is 0.357 e. The van der Waals surface area contributed by atoms with Crippen LogP contribution in [0, 0.1) is 12.7 Å². The van der Waals surface area contributed by atoms with E-state index in [0.29, 0.717) is 5.69 Å². The number of nitrogens with zero attached hydrogens (tertiary/aromatic N) is 4. The maximum atomic E-state index is 13.4. The molecule has 4 aromatic heterocycles. The van der Waals surface area contributed by atoms with E-state index in [-0.39, 0.29) is 5.82 Å². The minimum Gasteiger partial charge on any atom is -0.357 e. The van der Waals surface area contributed by atoms with Crippen molar-refractivity contribution in [3.05, 3.63) is 103 Å². The van der Waals surface area contributed by atoms with Crippen LogP contribution in [0.1, 0.15) is 16.8 Å². The van der Waals surface area contributed by atoms with Crippen LogP contribution in [0.3, 0.4) is 0 Å². The normalized spacial score (nSPS) is 11.8. The summed E-state index contributed by atoms with van der Waals surface area (Å²) in [6.45, 7) is 5.83. The topological polar surface area (TPSA) is 83.1 Å². The van der Waals surface area contributed by atoms with E-state index in [2.05, 4.69) is 31.7 Å². The number of H-pyrrole nitrogens is 2. The number of hydrogen-bond acceptors (Lipinski definition) is 4. The molecule has 156 valence electrons. The number of halogens is 1. The average Bonchev–Trinajstić information content (AvgIpc) is 3.41. The van der Waals surface area contributed by atoms with E-state index < -0.39 is 0 Å². The number of benzene rings is 1. The predicted octanol–water partition coefficient (Wildman–Crippen LogP) is 5.48. The van der Waals surface area contributed by atoms with Crippen LogP contribution in [-0.2, 0) is 0 Å². The molecule has 5 aromatic rings. The third kappa shape index (κ3) is 3.50. The van der Waals surface area contributed by atoms with Crippen molar-refractivity contribution in [2.75, 3.05) is 0 Å². The summed E-state index contributed by atoms with van der Waals surface area (Å²) < 4.78 is 13.4. The van der Waals surface area contributed by atoms with Crippen molar-refractivity contribution in [2.45, 2.75) is 6.92 Å². The minimum absolute atomic E-state index is 0.271. The second kappa shape index (κ2) is 8.03. The van der Waals surface area contributed by atoms with Crippen molar-refractivity contribution in [3.8, 4) is 22.6 Å². The molecule has 0 atom stereocenters. The zero-order valence-electron chi connectivity index (χ0n) is 17.3. The van der Waals surface area contributed by atoms with Gasteiger partial charge >= 0.3 is 0 Å². The first-order valence-electron chi connectivity index (χ1n) is 10.0. The average molecular weight is 422 g/mol. The molecule has 0 saturated heterocycles. The van der Waals surface area contributed by atoms with Crippen LogP contribution in [-0.4, -0.2) is 30.1 Å². The standard InChI is InChI=1S/C25H19FN6/c1-3-4-19(16-5-7-18(26)8-6-16)20-11-23(29-15(20)2)25-24-22(31-32-25)10-9-21(30-24)17-12-27-14-28-13-17/h3-14,29H,1H2,2H3,(H,31,32)/b19-4-. The van der Waals surface area contributed by atoms with E-state index in [4.69, 9.17) is 4.98 Å². The van der Waals surface area contributed by atoms with Gasteiger partial charge in [-0.05, 0) is 48.4 Å². The Kier molecular flexibility index (Phi) is 4.91. The Morgan fingerprint density at radius 2 is 1.84 bits per heavy atom. The van der Waals surface area contributed by atoms with Crippen molar-refractivity contribution < 1.29 is 4.39 Å². The lowest BCUT2D eigenvalue weighted by Gasteiger charge is -2.07. The molecule has 0 aliphatic heterocycles. The van der Waals surface area contributed by atoms with Gasteiger partial charge in [0.15, 0.2) is 0 Å². The molecule has 7 heteroatoms. The first-order chi connectivity index (χ1) is 15.6. The van der Waals surface area contributed by atoms with E-state index in [1.165, 1.54) is 18.5 Å². The molecule has 0 unspecified atom stereocenters. The van der Waals surface area contributed by atoms with E-state index in [0.717, 1.165) is 50.4 Å². The quantitative estimate of drug-likeness (QED) is 0.368. The maximum absolute atomic E-state index is 13.4. The number of nitrogens with one attached hydrogen (secondary N) is 2. The van der Waals surface area contributed by atoms with E-state index in [1.807, 2.05) is 31.2 Å². The molecule has 4 heterocycles. The molecule has 0 spiro atoms. The Morgan fingerprint density at radius 3 is 2.59 bits per heavy atom. The molecule has 0 bridgehead atoms. The van der Waals surface area contributed by atoms with Crippen LogP contribution in [0.15, 0.2) is 79.9 Å². The van der Waals surface area contributed by atoms with Crippen LogP contribution >= 0.6 is 0 Å². The smallest absolute Gasteiger partial charge is 0.135 e. The molecule has 1 aromatic carbocycles. The second-order valence-corrected chi connectivity index (χ2v) is 7.34. The van der Waals surface area contributed by atoms with Gasteiger partial charge in [0, 0.05) is 29.2 Å². The molecule has 0 radical (unpaired) electrons. The molecule has 0 saturated carbocycles. The fourth-order valence-electron chi connectivity index (χ4n) is 3.73. The van der Waals surface area contributed by atoms with Gasteiger partial charge in [-0.1, -0.05) is 30.9 Å². The molecule has 2 N–H and O–H groups in total. The van der Waals surface area contributed by atoms with Crippen LogP contribution in [0.5, 0.6) is 0 Å². The van der Waals surface area contributed by atoms with Crippen LogP contribution in [0.4, 0.5) is 4.39 Å². The summed E-state index contributed by atoms with van der Waals surface area (Å²) in [7, 11) is 0. The van der Waals surface area contributed by atoms with E-state index >= 15 is 0 Å². The number of aryl methyl sites for hydroxylation is 1. The third-order valence-electron chi connectivity index (χ3n) is 5.26. The molecule has 0 fully saturated rings. The van der Waals surface area contributed by atoms with Gasteiger partial charge in [-0.3, -0.25) is 5.10 Å². The first kappa shape index (κ1) is 19.6. The SMILES string of the molecule is C=C/C=C(/c1ccc(F)cc1)c1cc(-c2n[nH]c3ccc(-c4cncnc4)nc23)[nH]c1C. The summed E-state index contributed by atoms with van der Waals surface area (Å²) in [6, 6.07) is 12.3. The fourth-order valence-corrected chi connectivity index (χ4v) is 3.73. The summed E-state index contributed by atoms with van der Waals surface area (Å²) in [5.41, 5.74) is 8.49. The molecular weight excluding hydrogens is 403 g/mol. The van der Waals surface area contributed by atoms with Gasteiger partial charge in [-0.15, -0.1) is 0 Å². The Hall–Kier alpha value is -4.39. The number of hydrogen-bond donors (Lipinski definition) is 2. The van der Waals surface area contributed by atoms with Crippen molar-refractivity contribution in [3.63, 3.8) is 0 Å². The van der Waals surface area contributed by atoms with Crippen LogP contribution < -0.4 is 0 Å². The lowest BCUT2D eigenvalue weighted by molar-refractivity contribution is 0.627. The van der Waals surface area contributed by atoms with Crippen LogP contribution in [0.25, 0.3) is 39.3 Å². The van der Waals surface area contributed by atoms with Gasteiger partial charge in [0.25, 0.3) is 0 Å². The van der Waals surface area contributed by atoms with E-state index in [9.17, 15) is 4.39 Å². The molecule has 5 rings (SSSR count). The summed E-state index contributed by atoms with van der Waals surface area (Å²) in [6.07, 6.45) is 8.59. The molecule has 0 aliphatic carbocycles. The molecule has 0 amide bonds. The summed E-state index contributed by atoms with van der Waals surface area (Å²) >= 11 is 0. The van der Waals surface area contributed by atoms with Crippen molar-refractivity contribution in [2.24, 2.45) is 0 Å². The Bertz CT molecular complexity index is 1450. The highest BCUT2D eigenvalue weighted by Crippen LogP contribution is 2.33. The summed E-state index contributed by atoms with van der Waals surface area (Å²) in [5.74, 6) is -0.271.